The lowest BCUT2D eigenvalue weighted by atomic mass is 10.1. The lowest BCUT2D eigenvalue weighted by Crippen LogP contribution is -2.01. The second-order valence-electron chi connectivity index (χ2n) is 4.95. The van der Waals surface area contributed by atoms with Crippen LogP contribution in [0.25, 0.3) is 6.08 Å². The summed E-state index contributed by atoms with van der Waals surface area (Å²) in [7, 11) is 1.51. The van der Waals surface area contributed by atoms with Crippen LogP contribution in [0, 0.1) is 10.1 Å². The zero-order valence-electron chi connectivity index (χ0n) is 13.1. The van der Waals surface area contributed by atoms with Crippen molar-refractivity contribution in [3.63, 3.8) is 0 Å². The van der Waals surface area contributed by atoms with Crippen molar-refractivity contribution in [2.24, 2.45) is 0 Å². The largest absolute Gasteiger partial charge is 0.493 e. The number of methoxy groups -OCH3 is 1. The Morgan fingerprint density at radius 1 is 1.29 bits per heavy atom. The van der Waals surface area contributed by atoms with Crippen LogP contribution in [-0.4, -0.2) is 12.0 Å². The number of hydrogen-bond acceptors (Lipinski definition) is 4. The van der Waals surface area contributed by atoms with Gasteiger partial charge in [0, 0.05) is 34.2 Å². The molecular formula is C17H15Cl2NO4. The van der Waals surface area contributed by atoms with Crippen LogP contribution in [0.1, 0.15) is 18.1 Å². The number of hydrogen-bond donors (Lipinski definition) is 0. The third-order valence-electron chi connectivity index (χ3n) is 3.27. The molecule has 2 aromatic carbocycles. The molecule has 5 nitrogen and oxygen atoms in total. The van der Waals surface area contributed by atoms with Gasteiger partial charge < -0.3 is 9.47 Å². The van der Waals surface area contributed by atoms with Gasteiger partial charge in [-0.05, 0) is 18.2 Å². The molecule has 2 aromatic rings. The number of allylic oxidation sites excluding steroid dienone is 1. The highest BCUT2D eigenvalue weighted by atomic mass is 35.5. The van der Waals surface area contributed by atoms with E-state index in [-0.39, 0.29) is 12.3 Å². The smallest absolute Gasteiger partial charge is 0.243 e. The maximum atomic E-state index is 10.9. The normalized spacial score (nSPS) is 11.2. The molecule has 0 radical (unpaired) electrons. The van der Waals surface area contributed by atoms with Gasteiger partial charge in [-0.3, -0.25) is 10.1 Å². The molecule has 0 aliphatic carbocycles. The quantitative estimate of drug-likeness (QED) is 0.518. The van der Waals surface area contributed by atoms with Gasteiger partial charge in [-0.15, -0.1) is 0 Å². The molecule has 0 unspecified atom stereocenters. The van der Waals surface area contributed by atoms with Gasteiger partial charge in [-0.1, -0.05) is 41.4 Å². The van der Waals surface area contributed by atoms with E-state index >= 15 is 0 Å². The molecule has 24 heavy (non-hydrogen) atoms. The Hall–Kier alpha value is -2.24. The lowest BCUT2D eigenvalue weighted by molar-refractivity contribution is -0.422. The number of rotatable bonds is 6. The highest BCUT2D eigenvalue weighted by Crippen LogP contribution is 2.34. The SMILES string of the molecule is COc1cccc(C=C(C)[N+](=O)[O-])c1OCc1ccc(Cl)cc1Cl. The van der Waals surface area contributed by atoms with Gasteiger partial charge in [0.2, 0.25) is 5.70 Å². The summed E-state index contributed by atoms with van der Waals surface area (Å²) in [6, 6.07) is 10.3. The average molecular weight is 368 g/mol. The summed E-state index contributed by atoms with van der Waals surface area (Å²) in [5.41, 5.74) is 1.29. The van der Waals surface area contributed by atoms with Crippen LogP contribution in [0.2, 0.25) is 10.0 Å². The van der Waals surface area contributed by atoms with Gasteiger partial charge in [-0.2, -0.15) is 0 Å². The summed E-state index contributed by atoms with van der Waals surface area (Å²) in [6.07, 6.45) is 1.43. The predicted octanol–water partition coefficient (Wildman–Crippen LogP) is 5.22. The van der Waals surface area contributed by atoms with Crippen molar-refractivity contribution in [3.8, 4) is 11.5 Å². The minimum absolute atomic E-state index is 0.00220. The summed E-state index contributed by atoms with van der Waals surface area (Å²) in [6.45, 7) is 1.59. The predicted molar refractivity (Wildman–Crippen MR) is 94.4 cm³/mol. The van der Waals surface area contributed by atoms with Gasteiger partial charge >= 0.3 is 0 Å². The first-order valence-corrected chi connectivity index (χ1v) is 7.74. The minimum Gasteiger partial charge on any atom is -0.493 e. The zero-order chi connectivity index (χ0) is 17.7. The topological polar surface area (TPSA) is 61.6 Å². The molecular weight excluding hydrogens is 353 g/mol. The van der Waals surface area contributed by atoms with Crippen LogP contribution in [0.3, 0.4) is 0 Å². The highest BCUT2D eigenvalue weighted by molar-refractivity contribution is 6.35. The number of nitrogens with zero attached hydrogens (tertiary/aromatic N) is 1. The summed E-state index contributed by atoms with van der Waals surface area (Å²) < 4.78 is 11.1. The van der Waals surface area contributed by atoms with Crippen molar-refractivity contribution in [3.05, 3.63) is 73.4 Å². The molecule has 0 N–H and O–H groups in total. The van der Waals surface area contributed by atoms with Crippen LogP contribution in [0.5, 0.6) is 11.5 Å². The van der Waals surface area contributed by atoms with Crippen LogP contribution in [-0.2, 0) is 6.61 Å². The van der Waals surface area contributed by atoms with Crippen LogP contribution < -0.4 is 9.47 Å². The fourth-order valence-corrected chi connectivity index (χ4v) is 2.49. The third kappa shape index (κ3) is 4.40. The van der Waals surface area contributed by atoms with Gasteiger partial charge in [0.25, 0.3) is 0 Å². The number of halogens is 2. The van der Waals surface area contributed by atoms with Gasteiger partial charge in [0.15, 0.2) is 11.5 Å². The molecule has 2 rings (SSSR count). The monoisotopic (exact) mass is 367 g/mol. The van der Waals surface area contributed by atoms with Gasteiger partial charge in [0.1, 0.15) is 6.61 Å². The molecule has 0 aliphatic rings. The molecule has 0 aromatic heterocycles. The Labute approximate surface area is 149 Å². The molecule has 0 saturated heterocycles. The van der Waals surface area contributed by atoms with E-state index in [0.717, 1.165) is 5.56 Å². The summed E-state index contributed by atoms with van der Waals surface area (Å²) in [5.74, 6) is 0.886. The van der Waals surface area contributed by atoms with E-state index in [1.165, 1.54) is 20.1 Å². The van der Waals surface area contributed by atoms with E-state index in [0.29, 0.717) is 27.1 Å². The van der Waals surface area contributed by atoms with Gasteiger partial charge in [-0.25, -0.2) is 0 Å². The number of nitro groups is 1. The first-order valence-electron chi connectivity index (χ1n) is 6.98. The van der Waals surface area contributed by atoms with Crippen molar-refractivity contribution in [2.75, 3.05) is 7.11 Å². The van der Waals surface area contributed by atoms with Crippen molar-refractivity contribution in [2.45, 2.75) is 13.5 Å². The molecule has 126 valence electrons. The van der Waals surface area contributed by atoms with Crippen molar-refractivity contribution < 1.29 is 14.4 Å². The third-order valence-corrected chi connectivity index (χ3v) is 3.86. The van der Waals surface area contributed by atoms with E-state index in [1.807, 2.05) is 0 Å². The molecule has 0 fully saturated rings. The van der Waals surface area contributed by atoms with E-state index in [2.05, 4.69) is 0 Å². The fourth-order valence-electron chi connectivity index (χ4n) is 2.03. The summed E-state index contributed by atoms with van der Waals surface area (Å²) in [4.78, 5) is 10.4. The maximum Gasteiger partial charge on any atom is 0.243 e. The number of benzene rings is 2. The van der Waals surface area contributed by atoms with Gasteiger partial charge in [0.05, 0.1) is 12.0 Å². The maximum absolute atomic E-state index is 10.9. The standard InChI is InChI=1S/C17H15Cl2NO4/c1-11(20(21)22)8-12-4-3-5-16(23-2)17(12)24-10-13-6-7-14(18)9-15(13)19/h3-9H,10H2,1-2H3. The minimum atomic E-state index is -0.459. The first kappa shape index (κ1) is 18.1. The molecule has 0 aliphatic heterocycles. The lowest BCUT2D eigenvalue weighted by Gasteiger charge is -2.14. The number of ether oxygens (including phenoxy) is 2. The molecule has 0 spiro atoms. The van der Waals surface area contributed by atoms with Crippen molar-refractivity contribution in [1.29, 1.82) is 0 Å². The Morgan fingerprint density at radius 2 is 2.04 bits per heavy atom. The first-order chi connectivity index (χ1) is 11.4. The number of para-hydroxylation sites is 1. The zero-order valence-corrected chi connectivity index (χ0v) is 14.6. The fraction of sp³-hybridized carbons (Fsp3) is 0.176. The molecule has 7 heteroatoms. The van der Waals surface area contributed by atoms with Crippen LogP contribution in [0.4, 0.5) is 0 Å². The van der Waals surface area contributed by atoms with E-state index < -0.39 is 4.92 Å². The van der Waals surface area contributed by atoms with Crippen molar-refractivity contribution in [1.82, 2.24) is 0 Å². The molecule has 0 amide bonds. The second-order valence-corrected chi connectivity index (χ2v) is 5.79. The molecule has 0 saturated carbocycles. The Kier molecular flexibility index (Phi) is 6.06. The second kappa shape index (κ2) is 8.04. The van der Waals surface area contributed by atoms with E-state index in [9.17, 15) is 10.1 Å². The molecule has 0 atom stereocenters. The van der Waals surface area contributed by atoms with E-state index in [1.54, 1.807) is 36.4 Å². The average Bonchev–Trinajstić information content (AvgIpc) is 2.54. The molecule has 0 bridgehead atoms. The summed E-state index contributed by atoms with van der Waals surface area (Å²) >= 11 is 12.0. The van der Waals surface area contributed by atoms with E-state index in [4.69, 9.17) is 32.7 Å². The Balaban J connectivity index is 2.34. The van der Waals surface area contributed by atoms with Crippen LogP contribution >= 0.6 is 23.2 Å². The Morgan fingerprint density at radius 3 is 2.67 bits per heavy atom. The molecule has 0 heterocycles. The van der Waals surface area contributed by atoms with Crippen molar-refractivity contribution >= 4 is 29.3 Å². The highest BCUT2D eigenvalue weighted by Gasteiger charge is 2.13. The Bertz CT molecular complexity index is 790. The summed E-state index contributed by atoms with van der Waals surface area (Å²) in [5, 5.41) is 11.9. The van der Waals surface area contributed by atoms with Crippen LogP contribution in [0.15, 0.2) is 42.1 Å².